The average molecular weight is 275 g/mol. The first-order chi connectivity index (χ1) is 7.22. The molecule has 0 fully saturated rings. The van der Waals surface area contributed by atoms with Crippen LogP contribution >= 0.6 is 15.9 Å². The van der Waals surface area contributed by atoms with E-state index in [0.717, 1.165) is 24.9 Å². The Labute approximate surface area is 98.4 Å². The van der Waals surface area contributed by atoms with Crippen LogP contribution in [-0.2, 0) is 6.54 Å². The van der Waals surface area contributed by atoms with Crippen LogP contribution in [0.1, 0.15) is 25.3 Å². The summed E-state index contributed by atoms with van der Waals surface area (Å²) in [4.78, 5) is 4.36. The molecule has 0 saturated carbocycles. The Hall–Kier alpha value is -0.480. The van der Waals surface area contributed by atoms with Gasteiger partial charge in [0.2, 0.25) is 0 Å². The lowest BCUT2D eigenvalue weighted by atomic mass is 10.2. The molecule has 84 valence electrons. The minimum Gasteiger partial charge on any atom is -0.313 e. The van der Waals surface area contributed by atoms with Gasteiger partial charge in [0.1, 0.15) is 5.82 Å². The third-order valence-electron chi connectivity index (χ3n) is 2.17. The predicted molar refractivity (Wildman–Crippen MR) is 63.5 cm³/mol. The van der Waals surface area contributed by atoms with Crippen LogP contribution in [-0.4, -0.2) is 16.4 Å². The first kappa shape index (κ1) is 12.6. The van der Waals surface area contributed by atoms with Crippen LogP contribution in [0.5, 0.6) is 0 Å². The topological polar surface area (TPSA) is 24.9 Å². The normalized spacial score (nSPS) is 12.7. The SMILES string of the molecule is CCC(Br)CCNCc1cncc(F)c1. The second-order valence-corrected chi connectivity index (χ2v) is 4.78. The molecule has 15 heavy (non-hydrogen) atoms. The molecule has 0 aromatic carbocycles. The first-order valence-electron chi connectivity index (χ1n) is 5.16. The quantitative estimate of drug-likeness (QED) is 0.638. The molecule has 1 aromatic heterocycles. The summed E-state index contributed by atoms with van der Waals surface area (Å²) in [6, 6.07) is 1.51. The smallest absolute Gasteiger partial charge is 0.141 e. The summed E-state index contributed by atoms with van der Waals surface area (Å²) in [6.45, 7) is 3.75. The van der Waals surface area contributed by atoms with Crippen molar-refractivity contribution < 1.29 is 4.39 Å². The summed E-state index contributed by atoms with van der Waals surface area (Å²) in [7, 11) is 0. The van der Waals surface area contributed by atoms with Gasteiger partial charge in [-0.3, -0.25) is 4.98 Å². The number of halogens is 2. The van der Waals surface area contributed by atoms with Gasteiger partial charge < -0.3 is 5.32 Å². The molecule has 0 spiro atoms. The van der Waals surface area contributed by atoms with Gasteiger partial charge in [-0.25, -0.2) is 4.39 Å². The Morgan fingerprint density at radius 3 is 3.00 bits per heavy atom. The number of nitrogens with one attached hydrogen (secondary N) is 1. The van der Waals surface area contributed by atoms with Crippen LogP contribution in [0.3, 0.4) is 0 Å². The van der Waals surface area contributed by atoms with Crippen molar-refractivity contribution in [3.63, 3.8) is 0 Å². The molecule has 1 N–H and O–H groups in total. The summed E-state index contributed by atoms with van der Waals surface area (Å²) in [5.74, 6) is -0.277. The number of pyridine rings is 1. The van der Waals surface area contributed by atoms with Gasteiger partial charge in [-0.1, -0.05) is 22.9 Å². The Morgan fingerprint density at radius 2 is 2.33 bits per heavy atom. The molecule has 0 aliphatic rings. The molecule has 0 amide bonds. The maximum atomic E-state index is 12.8. The van der Waals surface area contributed by atoms with Gasteiger partial charge in [0.05, 0.1) is 6.20 Å². The van der Waals surface area contributed by atoms with Crippen molar-refractivity contribution in [2.45, 2.75) is 31.1 Å². The highest BCUT2D eigenvalue weighted by Crippen LogP contribution is 2.08. The third-order valence-corrected chi connectivity index (χ3v) is 3.27. The van der Waals surface area contributed by atoms with E-state index < -0.39 is 0 Å². The largest absolute Gasteiger partial charge is 0.313 e. The van der Waals surface area contributed by atoms with E-state index in [-0.39, 0.29) is 5.82 Å². The second kappa shape index (κ2) is 6.90. The van der Waals surface area contributed by atoms with Crippen molar-refractivity contribution >= 4 is 15.9 Å². The number of hydrogen-bond donors (Lipinski definition) is 1. The number of rotatable bonds is 6. The Kier molecular flexibility index (Phi) is 5.79. The highest BCUT2D eigenvalue weighted by molar-refractivity contribution is 9.09. The molecule has 0 aliphatic carbocycles. The predicted octanol–water partition coefficient (Wildman–Crippen LogP) is 2.87. The molecule has 1 atom stereocenters. The molecule has 0 bridgehead atoms. The van der Waals surface area contributed by atoms with Gasteiger partial charge in [-0.15, -0.1) is 0 Å². The zero-order valence-electron chi connectivity index (χ0n) is 8.84. The summed E-state index contributed by atoms with van der Waals surface area (Å²) in [6.07, 6.45) is 5.11. The molecular formula is C11H16BrFN2. The summed E-state index contributed by atoms with van der Waals surface area (Å²) >= 11 is 3.56. The molecule has 4 heteroatoms. The van der Waals surface area contributed by atoms with Crippen molar-refractivity contribution in [2.75, 3.05) is 6.54 Å². The Bertz CT molecular complexity index is 294. The van der Waals surface area contributed by atoms with Crippen LogP contribution in [0.15, 0.2) is 18.5 Å². The molecular weight excluding hydrogens is 259 g/mol. The molecule has 1 heterocycles. The van der Waals surface area contributed by atoms with Crippen molar-refractivity contribution in [1.29, 1.82) is 0 Å². The highest BCUT2D eigenvalue weighted by atomic mass is 79.9. The van der Waals surface area contributed by atoms with Gasteiger partial charge in [0.25, 0.3) is 0 Å². The van der Waals surface area contributed by atoms with E-state index >= 15 is 0 Å². The molecule has 1 aromatic rings. The Morgan fingerprint density at radius 1 is 1.53 bits per heavy atom. The van der Waals surface area contributed by atoms with Gasteiger partial charge in [0, 0.05) is 17.6 Å². The van der Waals surface area contributed by atoms with Gasteiger partial charge >= 0.3 is 0 Å². The van der Waals surface area contributed by atoms with Crippen LogP contribution in [0.2, 0.25) is 0 Å². The molecule has 1 unspecified atom stereocenters. The lowest BCUT2D eigenvalue weighted by molar-refractivity contribution is 0.605. The van der Waals surface area contributed by atoms with Crippen molar-refractivity contribution in [3.8, 4) is 0 Å². The van der Waals surface area contributed by atoms with E-state index in [4.69, 9.17) is 0 Å². The average Bonchev–Trinajstić information content (AvgIpc) is 2.24. The molecule has 0 radical (unpaired) electrons. The number of alkyl halides is 1. The van der Waals surface area contributed by atoms with E-state index in [2.05, 4.69) is 33.2 Å². The highest BCUT2D eigenvalue weighted by Gasteiger charge is 2.00. The second-order valence-electron chi connectivity index (χ2n) is 3.48. The van der Waals surface area contributed by atoms with Crippen molar-refractivity contribution in [1.82, 2.24) is 10.3 Å². The molecule has 2 nitrogen and oxygen atoms in total. The van der Waals surface area contributed by atoms with Crippen LogP contribution in [0.25, 0.3) is 0 Å². The van der Waals surface area contributed by atoms with Gasteiger partial charge in [0.15, 0.2) is 0 Å². The standard InChI is InChI=1S/C11H16BrFN2/c1-2-10(12)3-4-14-6-9-5-11(13)8-15-7-9/h5,7-8,10,14H,2-4,6H2,1H3. The lowest BCUT2D eigenvalue weighted by Gasteiger charge is -2.07. The maximum absolute atomic E-state index is 12.8. The zero-order chi connectivity index (χ0) is 11.1. The summed E-state index contributed by atoms with van der Waals surface area (Å²) in [5.41, 5.74) is 0.887. The van der Waals surface area contributed by atoms with Crippen LogP contribution in [0, 0.1) is 5.82 Å². The summed E-state index contributed by atoms with van der Waals surface area (Å²) < 4.78 is 12.8. The van der Waals surface area contributed by atoms with E-state index in [1.54, 1.807) is 6.20 Å². The van der Waals surface area contributed by atoms with E-state index in [1.165, 1.54) is 12.3 Å². The lowest BCUT2D eigenvalue weighted by Crippen LogP contribution is -2.17. The molecule has 0 aliphatic heterocycles. The van der Waals surface area contributed by atoms with Gasteiger partial charge in [-0.2, -0.15) is 0 Å². The van der Waals surface area contributed by atoms with E-state index in [1.807, 2.05) is 0 Å². The van der Waals surface area contributed by atoms with Gasteiger partial charge in [-0.05, 0) is 31.0 Å². The number of aromatic nitrogens is 1. The maximum Gasteiger partial charge on any atom is 0.141 e. The zero-order valence-corrected chi connectivity index (χ0v) is 10.4. The summed E-state index contributed by atoms with van der Waals surface area (Å²) in [5, 5.41) is 3.26. The number of nitrogens with zero attached hydrogens (tertiary/aromatic N) is 1. The fraction of sp³-hybridized carbons (Fsp3) is 0.545. The third kappa shape index (κ3) is 5.23. The Balaban J connectivity index is 2.20. The van der Waals surface area contributed by atoms with E-state index in [0.29, 0.717) is 11.4 Å². The fourth-order valence-electron chi connectivity index (χ4n) is 1.25. The first-order valence-corrected chi connectivity index (χ1v) is 6.08. The molecule has 1 rings (SSSR count). The molecule has 0 saturated heterocycles. The van der Waals surface area contributed by atoms with E-state index in [9.17, 15) is 4.39 Å². The minimum absolute atomic E-state index is 0.277. The number of hydrogen-bond acceptors (Lipinski definition) is 2. The monoisotopic (exact) mass is 274 g/mol. The van der Waals surface area contributed by atoms with Crippen molar-refractivity contribution in [2.24, 2.45) is 0 Å². The van der Waals surface area contributed by atoms with Crippen LogP contribution < -0.4 is 5.32 Å². The van der Waals surface area contributed by atoms with Crippen LogP contribution in [0.4, 0.5) is 4.39 Å². The fourth-order valence-corrected chi connectivity index (χ4v) is 1.48. The minimum atomic E-state index is -0.277. The van der Waals surface area contributed by atoms with Crippen molar-refractivity contribution in [3.05, 3.63) is 29.8 Å².